The number of carbonyl (C=O) groups is 1. The van der Waals surface area contributed by atoms with Gasteiger partial charge in [0.15, 0.2) is 0 Å². The molecule has 0 saturated carbocycles. The van der Waals surface area contributed by atoms with E-state index in [1.54, 1.807) is 13.8 Å². The molecule has 0 aliphatic heterocycles. The van der Waals surface area contributed by atoms with Crippen molar-refractivity contribution in [2.45, 2.75) is 39.5 Å². The molecule has 1 aromatic carbocycles. The zero-order valence-corrected chi connectivity index (χ0v) is 14.8. The van der Waals surface area contributed by atoms with Gasteiger partial charge in [0, 0.05) is 18.7 Å². The Bertz CT molecular complexity index is 848. The van der Waals surface area contributed by atoms with Crippen LogP contribution in [-0.4, -0.2) is 17.4 Å². The molecule has 5 heteroatoms. The number of amides is 1. The first kappa shape index (κ1) is 18.5. The molecule has 1 heterocycles. The van der Waals surface area contributed by atoms with Gasteiger partial charge in [-0.05, 0) is 42.9 Å². The predicted molar refractivity (Wildman–Crippen MR) is 97.4 cm³/mol. The summed E-state index contributed by atoms with van der Waals surface area (Å²) in [6, 6.07) is 12.0. The number of nitrogens with zero attached hydrogens (tertiary/aromatic N) is 1. The number of nitriles is 1. The lowest BCUT2D eigenvalue weighted by Crippen LogP contribution is -2.28. The summed E-state index contributed by atoms with van der Waals surface area (Å²) in [6.45, 7) is 6.20. The van der Waals surface area contributed by atoms with E-state index >= 15 is 0 Å². The van der Waals surface area contributed by atoms with Crippen molar-refractivity contribution in [2.75, 3.05) is 6.54 Å². The molecule has 0 fully saturated rings. The van der Waals surface area contributed by atoms with Crippen molar-refractivity contribution in [1.29, 1.82) is 5.26 Å². The maximum absolute atomic E-state index is 12.1. The number of aromatic nitrogens is 1. The number of rotatable bonds is 6. The zero-order chi connectivity index (χ0) is 18.4. The van der Waals surface area contributed by atoms with Crippen molar-refractivity contribution in [1.82, 2.24) is 10.3 Å². The van der Waals surface area contributed by atoms with Gasteiger partial charge in [-0.15, -0.1) is 0 Å². The number of nitrogens with one attached hydrogen (secondary N) is 2. The third kappa shape index (κ3) is 4.57. The lowest BCUT2D eigenvalue weighted by Gasteiger charge is -2.14. The topological polar surface area (TPSA) is 85.8 Å². The SMILES string of the molecule is Cc1[nH]c(=O)c(C#N)c(C)c1CCC(=O)NC[C@H](C)c1ccccc1. The number of carbonyl (C=O) groups excluding carboxylic acids is 1. The van der Waals surface area contributed by atoms with Crippen LogP contribution in [0.15, 0.2) is 35.1 Å². The minimum atomic E-state index is -0.373. The summed E-state index contributed by atoms with van der Waals surface area (Å²) in [6.07, 6.45) is 0.814. The third-order valence-electron chi connectivity index (χ3n) is 4.50. The normalized spacial score (nSPS) is 11.6. The summed E-state index contributed by atoms with van der Waals surface area (Å²) in [5.74, 6) is 0.207. The molecule has 0 radical (unpaired) electrons. The first-order valence-electron chi connectivity index (χ1n) is 8.38. The molecule has 0 unspecified atom stereocenters. The van der Waals surface area contributed by atoms with Gasteiger partial charge in [-0.1, -0.05) is 37.3 Å². The fraction of sp³-hybridized carbons (Fsp3) is 0.350. The van der Waals surface area contributed by atoms with E-state index in [2.05, 4.69) is 17.2 Å². The Balaban J connectivity index is 1.95. The highest BCUT2D eigenvalue weighted by Crippen LogP contribution is 2.16. The lowest BCUT2D eigenvalue weighted by atomic mass is 9.98. The van der Waals surface area contributed by atoms with Crippen LogP contribution in [0.1, 0.15) is 47.2 Å². The van der Waals surface area contributed by atoms with Crippen LogP contribution in [0.5, 0.6) is 0 Å². The standard InChI is InChI=1S/C20H23N3O2/c1-13(16-7-5-4-6-8-16)12-22-19(24)10-9-17-14(2)18(11-21)20(25)23-15(17)3/h4-8,13H,9-10,12H2,1-3H3,(H,22,24)(H,23,25)/t13-/m0/s1. The second kappa shape index (κ2) is 8.29. The van der Waals surface area contributed by atoms with Crippen LogP contribution in [0, 0.1) is 25.2 Å². The highest BCUT2D eigenvalue weighted by atomic mass is 16.1. The molecule has 2 aromatic rings. The fourth-order valence-electron chi connectivity index (χ4n) is 2.91. The number of benzene rings is 1. The van der Waals surface area contributed by atoms with E-state index in [0.717, 1.165) is 5.56 Å². The second-order valence-electron chi connectivity index (χ2n) is 6.29. The minimum absolute atomic E-state index is 0.0358. The van der Waals surface area contributed by atoms with Crippen molar-refractivity contribution in [2.24, 2.45) is 0 Å². The fourth-order valence-corrected chi connectivity index (χ4v) is 2.91. The molecule has 0 saturated heterocycles. The number of hydrogen-bond acceptors (Lipinski definition) is 3. The molecule has 0 bridgehead atoms. The number of H-pyrrole nitrogens is 1. The Morgan fingerprint density at radius 3 is 2.60 bits per heavy atom. The summed E-state index contributed by atoms with van der Waals surface area (Å²) in [5, 5.41) is 12.1. The van der Waals surface area contributed by atoms with Gasteiger partial charge in [0.05, 0.1) is 0 Å². The minimum Gasteiger partial charge on any atom is -0.355 e. The van der Waals surface area contributed by atoms with Crippen molar-refractivity contribution in [3.63, 3.8) is 0 Å². The number of hydrogen-bond donors (Lipinski definition) is 2. The Kier molecular flexibility index (Phi) is 6.13. The average Bonchev–Trinajstić information content (AvgIpc) is 2.60. The van der Waals surface area contributed by atoms with E-state index in [0.29, 0.717) is 30.6 Å². The maximum atomic E-state index is 12.1. The van der Waals surface area contributed by atoms with E-state index in [-0.39, 0.29) is 22.9 Å². The summed E-state index contributed by atoms with van der Waals surface area (Å²) in [5.41, 5.74) is 3.18. The highest BCUT2D eigenvalue weighted by Gasteiger charge is 2.14. The smallest absolute Gasteiger partial charge is 0.266 e. The predicted octanol–water partition coefficient (Wildman–Crippen LogP) is 2.72. The van der Waals surface area contributed by atoms with Gasteiger partial charge in [0.1, 0.15) is 11.6 Å². The Morgan fingerprint density at radius 1 is 1.28 bits per heavy atom. The lowest BCUT2D eigenvalue weighted by molar-refractivity contribution is -0.121. The summed E-state index contributed by atoms with van der Waals surface area (Å²) in [7, 11) is 0. The van der Waals surface area contributed by atoms with Crippen molar-refractivity contribution < 1.29 is 4.79 Å². The van der Waals surface area contributed by atoms with Gasteiger partial charge < -0.3 is 10.3 Å². The van der Waals surface area contributed by atoms with Crippen LogP contribution in [0.25, 0.3) is 0 Å². The monoisotopic (exact) mass is 337 g/mol. The maximum Gasteiger partial charge on any atom is 0.266 e. The number of pyridine rings is 1. The first-order chi connectivity index (χ1) is 11.9. The average molecular weight is 337 g/mol. The van der Waals surface area contributed by atoms with Gasteiger partial charge in [0.25, 0.3) is 5.56 Å². The molecule has 1 amide bonds. The van der Waals surface area contributed by atoms with Crippen LogP contribution in [0.2, 0.25) is 0 Å². The van der Waals surface area contributed by atoms with Gasteiger partial charge in [-0.2, -0.15) is 5.26 Å². The third-order valence-corrected chi connectivity index (χ3v) is 4.50. The molecule has 130 valence electrons. The van der Waals surface area contributed by atoms with Crippen LogP contribution < -0.4 is 10.9 Å². The van der Waals surface area contributed by atoms with Gasteiger partial charge in [-0.3, -0.25) is 9.59 Å². The quantitative estimate of drug-likeness (QED) is 0.850. The van der Waals surface area contributed by atoms with Crippen molar-refractivity contribution in [3.8, 4) is 6.07 Å². The van der Waals surface area contributed by atoms with E-state index in [9.17, 15) is 9.59 Å². The molecule has 5 nitrogen and oxygen atoms in total. The van der Waals surface area contributed by atoms with Crippen LogP contribution in [0.3, 0.4) is 0 Å². The van der Waals surface area contributed by atoms with Crippen LogP contribution >= 0.6 is 0 Å². The van der Waals surface area contributed by atoms with Crippen LogP contribution in [-0.2, 0) is 11.2 Å². The molecular formula is C20H23N3O2. The van der Waals surface area contributed by atoms with E-state index in [4.69, 9.17) is 5.26 Å². The molecule has 2 N–H and O–H groups in total. The summed E-state index contributed by atoms with van der Waals surface area (Å²) in [4.78, 5) is 26.6. The Morgan fingerprint density at radius 2 is 1.96 bits per heavy atom. The first-order valence-corrected chi connectivity index (χ1v) is 8.38. The van der Waals surface area contributed by atoms with E-state index in [1.165, 1.54) is 5.56 Å². The van der Waals surface area contributed by atoms with Crippen molar-refractivity contribution in [3.05, 3.63) is 68.6 Å². The van der Waals surface area contributed by atoms with E-state index in [1.807, 2.05) is 36.4 Å². The molecule has 1 aromatic heterocycles. The highest BCUT2D eigenvalue weighted by molar-refractivity contribution is 5.76. The molecule has 0 spiro atoms. The van der Waals surface area contributed by atoms with Crippen LogP contribution in [0.4, 0.5) is 0 Å². The van der Waals surface area contributed by atoms with Gasteiger partial charge >= 0.3 is 0 Å². The van der Waals surface area contributed by atoms with Crippen molar-refractivity contribution >= 4 is 5.91 Å². The number of aromatic amines is 1. The molecule has 0 aliphatic rings. The van der Waals surface area contributed by atoms with Gasteiger partial charge in [0.2, 0.25) is 5.91 Å². The molecule has 2 rings (SSSR count). The van der Waals surface area contributed by atoms with Gasteiger partial charge in [-0.25, -0.2) is 0 Å². The Labute approximate surface area is 147 Å². The molecule has 25 heavy (non-hydrogen) atoms. The Hall–Kier alpha value is -2.87. The summed E-state index contributed by atoms with van der Waals surface area (Å²) >= 11 is 0. The molecule has 1 atom stereocenters. The zero-order valence-electron chi connectivity index (χ0n) is 14.8. The molecule has 0 aliphatic carbocycles. The summed E-state index contributed by atoms with van der Waals surface area (Å²) < 4.78 is 0. The largest absolute Gasteiger partial charge is 0.355 e. The van der Waals surface area contributed by atoms with E-state index < -0.39 is 0 Å². The second-order valence-corrected chi connectivity index (χ2v) is 6.29. The molecular weight excluding hydrogens is 314 g/mol. The number of aryl methyl sites for hydroxylation is 1.